The summed E-state index contributed by atoms with van der Waals surface area (Å²) in [7, 11) is 0. The molecule has 41 heavy (non-hydrogen) atoms. The highest BCUT2D eigenvalue weighted by atomic mass is 19.1. The second-order valence-electron chi connectivity index (χ2n) is 15.3. The Morgan fingerprint density at radius 3 is 1.76 bits per heavy atom. The molecule has 1 saturated carbocycles. The van der Waals surface area contributed by atoms with E-state index in [0.29, 0.717) is 12.8 Å². The Kier molecular flexibility index (Phi) is 9.16. The Morgan fingerprint density at radius 1 is 0.780 bits per heavy atom. The lowest BCUT2D eigenvalue weighted by molar-refractivity contribution is -0.159. The highest BCUT2D eigenvalue weighted by Gasteiger charge is 2.41. The van der Waals surface area contributed by atoms with Crippen molar-refractivity contribution in [1.29, 1.82) is 0 Å². The van der Waals surface area contributed by atoms with E-state index in [1.165, 1.54) is 6.07 Å². The Morgan fingerprint density at radius 2 is 1.27 bits per heavy atom. The van der Waals surface area contributed by atoms with Crippen LogP contribution in [0.4, 0.5) is 4.39 Å². The van der Waals surface area contributed by atoms with Gasteiger partial charge in [-0.2, -0.15) is 0 Å². The van der Waals surface area contributed by atoms with Crippen LogP contribution in [0, 0.1) is 11.7 Å². The Labute approximate surface area is 245 Å². The molecular formula is C33H51FN2O5. The topological polar surface area (TPSA) is 85.9 Å². The van der Waals surface area contributed by atoms with Crippen LogP contribution < -0.4 is 15.4 Å². The first-order valence-electron chi connectivity index (χ1n) is 15.3. The number of rotatable bonds is 7. The minimum absolute atomic E-state index is 0.0433. The van der Waals surface area contributed by atoms with Gasteiger partial charge in [-0.3, -0.25) is 4.79 Å². The molecule has 2 N–H and O–H groups in total. The lowest BCUT2D eigenvalue weighted by Crippen LogP contribution is -2.59. The minimum atomic E-state index is -0.492. The fourth-order valence-corrected chi connectivity index (χ4v) is 7.79. The average Bonchev–Trinajstić information content (AvgIpc) is 2.79. The normalized spacial score (nSPS) is 27.5. The van der Waals surface area contributed by atoms with Crippen LogP contribution in [-0.2, 0) is 19.1 Å². The summed E-state index contributed by atoms with van der Waals surface area (Å²) in [4.78, 5) is 25.5. The van der Waals surface area contributed by atoms with E-state index in [1.54, 1.807) is 6.07 Å². The monoisotopic (exact) mass is 574 g/mol. The highest BCUT2D eigenvalue weighted by molar-refractivity contribution is 5.73. The number of carbonyl (C=O) groups excluding carboxylic acids is 2. The number of benzene rings is 1. The van der Waals surface area contributed by atoms with Crippen LogP contribution in [-0.4, -0.2) is 52.9 Å². The van der Waals surface area contributed by atoms with Crippen molar-refractivity contribution in [2.45, 2.75) is 147 Å². The van der Waals surface area contributed by atoms with Crippen molar-refractivity contribution in [3.8, 4) is 5.75 Å². The zero-order chi connectivity index (χ0) is 30.2. The van der Waals surface area contributed by atoms with Gasteiger partial charge in [-0.15, -0.1) is 0 Å². The van der Waals surface area contributed by atoms with Gasteiger partial charge in [-0.25, -0.2) is 9.18 Å². The van der Waals surface area contributed by atoms with Crippen molar-refractivity contribution >= 4 is 11.9 Å². The van der Waals surface area contributed by atoms with Crippen LogP contribution in [0.1, 0.15) is 118 Å². The van der Waals surface area contributed by atoms with Crippen molar-refractivity contribution in [3.63, 3.8) is 0 Å². The zero-order valence-corrected chi connectivity index (χ0v) is 26.3. The molecule has 7 nitrogen and oxygen atoms in total. The van der Waals surface area contributed by atoms with Crippen LogP contribution in [0.2, 0.25) is 0 Å². The molecule has 0 amide bonds. The molecule has 3 aliphatic rings. The number of hydrogen-bond donors (Lipinski definition) is 2. The summed E-state index contributed by atoms with van der Waals surface area (Å²) < 4.78 is 32.1. The zero-order valence-electron chi connectivity index (χ0n) is 26.3. The molecule has 2 aliphatic heterocycles. The highest BCUT2D eigenvalue weighted by Crippen LogP contribution is 2.39. The van der Waals surface area contributed by atoms with Gasteiger partial charge in [-0.1, -0.05) is 6.07 Å². The van der Waals surface area contributed by atoms with Gasteiger partial charge in [0.05, 0.1) is 5.92 Å². The Hall–Kier alpha value is -2.19. The van der Waals surface area contributed by atoms with E-state index in [0.717, 1.165) is 44.1 Å². The molecule has 1 aromatic carbocycles. The molecule has 0 unspecified atom stereocenters. The minimum Gasteiger partial charge on any atom is -0.479 e. The van der Waals surface area contributed by atoms with E-state index in [4.69, 9.17) is 14.2 Å². The molecule has 1 aliphatic carbocycles. The molecule has 0 atom stereocenters. The summed E-state index contributed by atoms with van der Waals surface area (Å²) in [5.74, 6) is -0.967. The molecule has 230 valence electrons. The lowest BCUT2D eigenvalue weighted by atomic mass is 9.78. The number of ether oxygens (including phenoxy) is 3. The van der Waals surface area contributed by atoms with Gasteiger partial charge in [0.25, 0.3) is 0 Å². The van der Waals surface area contributed by atoms with E-state index in [1.807, 2.05) is 6.07 Å². The van der Waals surface area contributed by atoms with Crippen LogP contribution >= 0.6 is 0 Å². The molecule has 1 aromatic rings. The number of esters is 2. The van der Waals surface area contributed by atoms with E-state index < -0.39 is 11.8 Å². The van der Waals surface area contributed by atoms with Crippen LogP contribution in [0.25, 0.3) is 0 Å². The third kappa shape index (κ3) is 8.90. The quantitative estimate of drug-likeness (QED) is 0.376. The summed E-state index contributed by atoms with van der Waals surface area (Å²) >= 11 is 0. The smallest absolute Gasteiger partial charge is 0.344 e. The number of nitrogens with one attached hydrogen (secondary N) is 2. The number of carbonyl (C=O) groups is 2. The van der Waals surface area contributed by atoms with Crippen molar-refractivity contribution in [2.24, 2.45) is 5.92 Å². The molecule has 4 rings (SSSR count). The molecule has 0 aromatic heterocycles. The Balaban J connectivity index is 1.24. The fourth-order valence-electron chi connectivity index (χ4n) is 7.79. The second kappa shape index (κ2) is 11.8. The molecule has 8 heteroatoms. The molecule has 0 spiro atoms. The SMILES string of the molecule is CC1(C)CC(OC(=O)COc2ccc(C3CCC(C(=O)OC4CC(C)(C)NC(C)(C)C4)CC3)cc2F)CC(C)(C)N1. The molecular weight excluding hydrogens is 523 g/mol. The fraction of sp³-hybridized carbons (Fsp3) is 0.758. The first-order chi connectivity index (χ1) is 18.9. The predicted octanol–water partition coefficient (Wildman–Crippen LogP) is 6.18. The standard InChI is InChI=1S/C33H51FN2O5/c1-30(2)16-24(17-31(3,4)35-30)40-28(37)20-39-27-14-13-23(15-26(27)34)21-9-11-22(12-10-21)29(38)41-25-18-32(5,6)36-33(7,8)19-25/h13-15,21-22,24-25,35-36H,9-12,16-20H2,1-8H3. The first-order valence-corrected chi connectivity index (χ1v) is 15.3. The molecule has 3 fully saturated rings. The molecule has 0 radical (unpaired) electrons. The van der Waals surface area contributed by atoms with Gasteiger partial charge in [-0.05, 0) is 105 Å². The van der Waals surface area contributed by atoms with Gasteiger partial charge in [0.1, 0.15) is 12.2 Å². The predicted molar refractivity (Wildman–Crippen MR) is 157 cm³/mol. The van der Waals surface area contributed by atoms with E-state index in [2.05, 4.69) is 66.0 Å². The van der Waals surface area contributed by atoms with Crippen LogP contribution in [0.15, 0.2) is 18.2 Å². The Bertz CT molecular complexity index is 1070. The van der Waals surface area contributed by atoms with Gasteiger partial charge < -0.3 is 24.8 Å². The third-order valence-electron chi connectivity index (χ3n) is 8.72. The van der Waals surface area contributed by atoms with Crippen molar-refractivity contribution in [3.05, 3.63) is 29.6 Å². The maximum absolute atomic E-state index is 14.9. The number of piperidine rings is 2. The average molecular weight is 575 g/mol. The first kappa shape index (κ1) is 31.7. The maximum atomic E-state index is 14.9. The van der Waals surface area contributed by atoms with E-state index in [9.17, 15) is 14.0 Å². The van der Waals surface area contributed by atoms with Gasteiger partial charge in [0.15, 0.2) is 18.2 Å². The third-order valence-corrected chi connectivity index (χ3v) is 8.72. The summed E-state index contributed by atoms with van der Waals surface area (Å²) in [6.45, 7) is 16.6. The van der Waals surface area contributed by atoms with Crippen molar-refractivity contribution in [1.82, 2.24) is 10.6 Å². The van der Waals surface area contributed by atoms with Crippen LogP contribution in [0.3, 0.4) is 0 Å². The van der Waals surface area contributed by atoms with Gasteiger partial charge in [0.2, 0.25) is 0 Å². The maximum Gasteiger partial charge on any atom is 0.344 e. The van der Waals surface area contributed by atoms with Gasteiger partial charge >= 0.3 is 11.9 Å². The van der Waals surface area contributed by atoms with E-state index in [-0.39, 0.29) is 64.5 Å². The summed E-state index contributed by atoms with van der Waals surface area (Å²) in [5, 5.41) is 7.19. The van der Waals surface area contributed by atoms with Crippen LogP contribution in [0.5, 0.6) is 5.75 Å². The van der Waals surface area contributed by atoms with Gasteiger partial charge in [0, 0.05) is 47.8 Å². The van der Waals surface area contributed by atoms with Crippen molar-refractivity contribution in [2.75, 3.05) is 6.61 Å². The molecule has 0 bridgehead atoms. The second-order valence-corrected chi connectivity index (χ2v) is 15.3. The summed E-state index contributed by atoms with van der Waals surface area (Å²) in [6.07, 6.45) is 5.80. The number of hydrogen-bond acceptors (Lipinski definition) is 7. The number of halogens is 1. The summed E-state index contributed by atoms with van der Waals surface area (Å²) in [5.41, 5.74) is 0.454. The molecule has 2 heterocycles. The summed E-state index contributed by atoms with van der Waals surface area (Å²) in [6, 6.07) is 4.96. The lowest BCUT2D eigenvalue weighted by Gasteiger charge is -2.46. The van der Waals surface area contributed by atoms with E-state index >= 15 is 0 Å². The van der Waals surface area contributed by atoms with Crippen molar-refractivity contribution < 1.29 is 28.2 Å². The largest absolute Gasteiger partial charge is 0.479 e. The molecule has 2 saturated heterocycles.